The Morgan fingerprint density at radius 3 is 2.71 bits per heavy atom. The summed E-state index contributed by atoms with van der Waals surface area (Å²) in [6, 6.07) is 4.32. The number of benzene rings is 1. The van der Waals surface area contributed by atoms with Crippen LogP contribution in [0, 0.1) is 0 Å². The summed E-state index contributed by atoms with van der Waals surface area (Å²) < 4.78 is 16.7. The lowest BCUT2D eigenvalue weighted by Gasteiger charge is -2.05. The molecule has 0 amide bonds. The molecule has 14 heavy (non-hydrogen) atoms. The molecule has 0 aliphatic rings. The van der Waals surface area contributed by atoms with Crippen LogP contribution in [-0.2, 0) is 0 Å². The third-order valence-corrected chi connectivity index (χ3v) is 1.88. The van der Waals surface area contributed by atoms with Crippen molar-refractivity contribution in [3.63, 3.8) is 0 Å². The number of alkyl halides is 1. The van der Waals surface area contributed by atoms with Crippen molar-refractivity contribution in [2.75, 3.05) is 13.3 Å². The van der Waals surface area contributed by atoms with Gasteiger partial charge in [-0.2, -0.15) is 0 Å². The second-order valence-electron chi connectivity index (χ2n) is 2.49. The van der Waals surface area contributed by atoms with Gasteiger partial charge in [-0.1, -0.05) is 11.6 Å². The first-order valence-electron chi connectivity index (χ1n) is 3.82. The molecule has 0 spiro atoms. The molecule has 1 aromatic carbocycles. The fraction of sp³-hybridized carbons (Fsp3) is 0.222. The van der Waals surface area contributed by atoms with E-state index >= 15 is 0 Å². The Labute approximate surface area is 90.6 Å². The fourth-order valence-electron chi connectivity index (χ4n) is 0.916. The maximum absolute atomic E-state index is 11.8. The highest BCUT2D eigenvalue weighted by molar-refractivity contribution is 6.67. The van der Waals surface area contributed by atoms with Crippen LogP contribution in [0.4, 0.5) is 4.39 Å². The van der Waals surface area contributed by atoms with Crippen molar-refractivity contribution in [1.82, 2.24) is 0 Å². The molecule has 0 unspecified atom stereocenters. The number of hydrogen-bond donors (Lipinski definition) is 0. The highest BCUT2D eigenvalue weighted by Crippen LogP contribution is 2.22. The molecule has 0 fully saturated rings. The molecule has 0 atom stereocenters. The standard InChI is InChI=1S/C9H7Cl2FO2/c10-7-3-6(9(11)13)4-8(5-7)14-2-1-12/h3-5H,1-2H2. The lowest BCUT2D eigenvalue weighted by Crippen LogP contribution is -1.99. The van der Waals surface area contributed by atoms with Crippen LogP contribution in [0.5, 0.6) is 5.75 Å². The van der Waals surface area contributed by atoms with Crippen molar-refractivity contribution in [1.29, 1.82) is 0 Å². The summed E-state index contributed by atoms with van der Waals surface area (Å²) in [7, 11) is 0. The number of carbonyl (C=O) groups is 1. The van der Waals surface area contributed by atoms with E-state index in [1.807, 2.05) is 0 Å². The van der Waals surface area contributed by atoms with Gasteiger partial charge in [-0.05, 0) is 29.8 Å². The summed E-state index contributed by atoms with van der Waals surface area (Å²) in [5.41, 5.74) is 0.230. The Hall–Kier alpha value is -0.800. The number of hydrogen-bond acceptors (Lipinski definition) is 2. The first-order chi connectivity index (χ1) is 6.63. The topological polar surface area (TPSA) is 26.3 Å². The maximum Gasteiger partial charge on any atom is 0.252 e. The van der Waals surface area contributed by atoms with Gasteiger partial charge in [0, 0.05) is 10.6 Å². The summed E-state index contributed by atoms with van der Waals surface area (Å²) in [5, 5.41) is -0.303. The zero-order valence-corrected chi connectivity index (χ0v) is 8.61. The van der Waals surface area contributed by atoms with Crippen molar-refractivity contribution in [3.05, 3.63) is 28.8 Å². The second kappa shape index (κ2) is 5.17. The van der Waals surface area contributed by atoms with Gasteiger partial charge < -0.3 is 4.74 Å². The SMILES string of the molecule is O=C(Cl)c1cc(Cl)cc(OCCF)c1. The fourth-order valence-corrected chi connectivity index (χ4v) is 1.25. The van der Waals surface area contributed by atoms with Gasteiger partial charge in [-0.3, -0.25) is 4.79 Å². The van der Waals surface area contributed by atoms with E-state index in [0.29, 0.717) is 10.8 Å². The zero-order chi connectivity index (χ0) is 10.6. The highest BCUT2D eigenvalue weighted by Gasteiger charge is 2.05. The lowest BCUT2D eigenvalue weighted by molar-refractivity contribution is 0.108. The third kappa shape index (κ3) is 3.16. The Balaban J connectivity index is 2.89. The van der Waals surface area contributed by atoms with Crippen LogP contribution in [0.15, 0.2) is 18.2 Å². The molecular formula is C9H7Cl2FO2. The summed E-state index contributed by atoms with van der Waals surface area (Å²) in [6.45, 7) is -0.674. The van der Waals surface area contributed by atoms with Crippen LogP contribution >= 0.6 is 23.2 Å². The van der Waals surface area contributed by atoms with E-state index < -0.39 is 11.9 Å². The molecule has 0 saturated heterocycles. The summed E-state index contributed by atoms with van der Waals surface area (Å²) in [5.74, 6) is 0.333. The van der Waals surface area contributed by atoms with Crippen LogP contribution in [0.3, 0.4) is 0 Å². The Morgan fingerprint density at radius 1 is 1.43 bits per heavy atom. The van der Waals surface area contributed by atoms with Gasteiger partial charge in [-0.15, -0.1) is 0 Å². The zero-order valence-electron chi connectivity index (χ0n) is 7.10. The Bertz CT molecular complexity index is 342. The number of halogens is 3. The van der Waals surface area contributed by atoms with E-state index in [-0.39, 0.29) is 12.2 Å². The van der Waals surface area contributed by atoms with Crippen molar-refractivity contribution in [3.8, 4) is 5.75 Å². The molecule has 0 aliphatic carbocycles. The second-order valence-corrected chi connectivity index (χ2v) is 3.27. The molecule has 0 aliphatic heterocycles. The van der Waals surface area contributed by atoms with Crippen LogP contribution in [0.2, 0.25) is 5.02 Å². The van der Waals surface area contributed by atoms with Crippen LogP contribution in [-0.4, -0.2) is 18.5 Å². The van der Waals surface area contributed by atoms with Crippen LogP contribution in [0.25, 0.3) is 0 Å². The van der Waals surface area contributed by atoms with Crippen molar-refractivity contribution < 1.29 is 13.9 Å². The van der Waals surface area contributed by atoms with E-state index in [1.165, 1.54) is 18.2 Å². The summed E-state index contributed by atoms with van der Waals surface area (Å²) >= 11 is 10.9. The highest BCUT2D eigenvalue weighted by atomic mass is 35.5. The molecule has 0 N–H and O–H groups in total. The number of ether oxygens (including phenoxy) is 1. The average molecular weight is 237 g/mol. The van der Waals surface area contributed by atoms with Crippen LogP contribution < -0.4 is 4.74 Å². The lowest BCUT2D eigenvalue weighted by atomic mass is 10.2. The molecule has 0 bridgehead atoms. The van der Waals surface area contributed by atoms with Gasteiger partial charge in [-0.25, -0.2) is 4.39 Å². The quantitative estimate of drug-likeness (QED) is 0.752. The molecular weight excluding hydrogens is 230 g/mol. The summed E-state index contributed by atoms with van der Waals surface area (Å²) in [4.78, 5) is 10.8. The van der Waals surface area contributed by atoms with Crippen molar-refractivity contribution in [2.45, 2.75) is 0 Å². The van der Waals surface area contributed by atoms with Gasteiger partial charge in [0.1, 0.15) is 19.0 Å². The predicted octanol–water partition coefficient (Wildman–Crippen LogP) is 3.07. The minimum Gasteiger partial charge on any atom is -0.491 e. The molecule has 2 nitrogen and oxygen atoms in total. The van der Waals surface area contributed by atoms with Crippen LogP contribution in [0.1, 0.15) is 10.4 Å². The van der Waals surface area contributed by atoms with E-state index in [2.05, 4.69) is 0 Å². The monoisotopic (exact) mass is 236 g/mol. The minimum atomic E-state index is -0.627. The van der Waals surface area contributed by atoms with Gasteiger partial charge in [0.15, 0.2) is 0 Å². The predicted molar refractivity (Wildman–Crippen MR) is 53.1 cm³/mol. The molecule has 76 valence electrons. The largest absolute Gasteiger partial charge is 0.491 e. The van der Waals surface area contributed by atoms with E-state index in [1.54, 1.807) is 0 Å². The summed E-state index contributed by atoms with van der Waals surface area (Å²) in [6.07, 6.45) is 0. The molecule has 0 heterocycles. The molecule has 0 radical (unpaired) electrons. The molecule has 1 rings (SSSR count). The van der Waals surface area contributed by atoms with Crippen molar-refractivity contribution >= 4 is 28.4 Å². The van der Waals surface area contributed by atoms with E-state index in [9.17, 15) is 9.18 Å². The Kier molecular flexibility index (Phi) is 4.17. The van der Waals surface area contributed by atoms with Gasteiger partial charge in [0.25, 0.3) is 5.24 Å². The van der Waals surface area contributed by atoms with Gasteiger partial charge >= 0.3 is 0 Å². The molecule has 0 saturated carbocycles. The average Bonchev–Trinajstić information content (AvgIpc) is 2.14. The normalized spacial score (nSPS) is 9.93. The third-order valence-electron chi connectivity index (χ3n) is 1.44. The molecule has 1 aromatic rings. The first-order valence-corrected chi connectivity index (χ1v) is 4.58. The van der Waals surface area contributed by atoms with Crippen molar-refractivity contribution in [2.24, 2.45) is 0 Å². The first kappa shape index (κ1) is 11.3. The maximum atomic E-state index is 11.8. The molecule has 5 heteroatoms. The number of carbonyl (C=O) groups excluding carboxylic acids is 1. The Morgan fingerprint density at radius 2 is 2.14 bits per heavy atom. The minimum absolute atomic E-state index is 0.0732. The van der Waals surface area contributed by atoms with Gasteiger partial charge in [0.2, 0.25) is 0 Å². The number of rotatable bonds is 4. The van der Waals surface area contributed by atoms with Gasteiger partial charge in [0.05, 0.1) is 0 Å². The smallest absolute Gasteiger partial charge is 0.252 e. The van der Waals surface area contributed by atoms with E-state index in [4.69, 9.17) is 27.9 Å². The van der Waals surface area contributed by atoms with E-state index in [0.717, 1.165) is 0 Å². The molecule has 0 aromatic heterocycles.